The van der Waals surface area contributed by atoms with E-state index in [-0.39, 0.29) is 0 Å². The first-order chi connectivity index (χ1) is 9.03. The Labute approximate surface area is 115 Å². The van der Waals surface area contributed by atoms with E-state index in [1.54, 1.807) is 0 Å². The maximum atomic E-state index is 6.15. The Hall–Kier alpha value is -1.52. The number of nitrogens with zero attached hydrogens (tertiary/aromatic N) is 3. The van der Waals surface area contributed by atoms with Crippen LogP contribution in [0.15, 0.2) is 6.33 Å². The number of rotatable bonds is 4. The van der Waals surface area contributed by atoms with E-state index in [4.69, 9.17) is 10.5 Å². The van der Waals surface area contributed by atoms with Gasteiger partial charge in [-0.05, 0) is 24.7 Å². The molecule has 0 aromatic carbocycles. The molecule has 0 bridgehead atoms. The van der Waals surface area contributed by atoms with Crippen molar-refractivity contribution in [1.29, 1.82) is 0 Å². The maximum Gasteiger partial charge on any atom is 0.242 e. The van der Waals surface area contributed by atoms with Crippen molar-refractivity contribution in [3.8, 4) is 5.88 Å². The average molecular weight is 264 g/mol. The van der Waals surface area contributed by atoms with Gasteiger partial charge >= 0.3 is 0 Å². The topological polar surface area (TPSA) is 64.3 Å². The Morgan fingerprint density at radius 2 is 2.21 bits per heavy atom. The highest BCUT2D eigenvalue weighted by atomic mass is 16.5. The van der Waals surface area contributed by atoms with Gasteiger partial charge in [-0.25, -0.2) is 4.98 Å². The third-order valence-corrected chi connectivity index (χ3v) is 3.47. The predicted octanol–water partition coefficient (Wildman–Crippen LogP) is 2.47. The second-order valence-corrected chi connectivity index (χ2v) is 5.95. The zero-order chi connectivity index (χ0) is 13.9. The number of anilines is 2. The average Bonchev–Trinajstić information content (AvgIpc) is 2.36. The largest absolute Gasteiger partial charge is 0.476 e. The third kappa shape index (κ3) is 3.28. The van der Waals surface area contributed by atoms with E-state index in [0.29, 0.717) is 23.6 Å². The fraction of sp³-hybridized carbons (Fsp3) is 0.714. The molecule has 0 amide bonds. The number of nitrogen functional groups attached to an aromatic ring is 1. The number of piperidine rings is 1. The molecule has 1 aromatic heterocycles. The third-order valence-electron chi connectivity index (χ3n) is 3.47. The fourth-order valence-electron chi connectivity index (χ4n) is 2.54. The first-order valence-electron chi connectivity index (χ1n) is 7.02. The van der Waals surface area contributed by atoms with Crippen molar-refractivity contribution in [3.63, 3.8) is 0 Å². The van der Waals surface area contributed by atoms with Crippen LogP contribution in [0.25, 0.3) is 0 Å². The normalized spacial score (nSPS) is 18.4. The lowest BCUT2D eigenvalue weighted by Crippen LogP contribution is -2.40. The second-order valence-electron chi connectivity index (χ2n) is 5.95. The Bertz CT molecular complexity index is 433. The summed E-state index contributed by atoms with van der Waals surface area (Å²) >= 11 is 0. The van der Waals surface area contributed by atoms with E-state index < -0.39 is 0 Å². The summed E-state index contributed by atoms with van der Waals surface area (Å²) in [5.74, 6) is 1.32. The molecule has 1 fully saturated rings. The molecule has 0 radical (unpaired) electrons. The van der Waals surface area contributed by atoms with Gasteiger partial charge in [-0.3, -0.25) is 0 Å². The lowest BCUT2D eigenvalue weighted by Gasteiger charge is -2.39. The van der Waals surface area contributed by atoms with E-state index in [9.17, 15) is 0 Å². The monoisotopic (exact) mass is 264 g/mol. The van der Waals surface area contributed by atoms with Crippen molar-refractivity contribution in [1.82, 2.24) is 9.97 Å². The molecule has 0 unspecified atom stereocenters. The van der Waals surface area contributed by atoms with Gasteiger partial charge in [0, 0.05) is 13.1 Å². The molecular weight excluding hydrogens is 240 g/mol. The molecule has 1 aliphatic rings. The van der Waals surface area contributed by atoms with Crippen molar-refractivity contribution >= 4 is 11.5 Å². The van der Waals surface area contributed by atoms with Crippen LogP contribution in [0, 0.1) is 5.41 Å². The maximum absolute atomic E-state index is 6.15. The summed E-state index contributed by atoms with van der Waals surface area (Å²) in [7, 11) is 0. The first-order valence-corrected chi connectivity index (χ1v) is 7.02. The Morgan fingerprint density at radius 3 is 2.89 bits per heavy atom. The van der Waals surface area contributed by atoms with Crippen molar-refractivity contribution < 1.29 is 4.74 Å². The summed E-state index contributed by atoms with van der Waals surface area (Å²) < 4.78 is 5.57. The van der Waals surface area contributed by atoms with E-state index >= 15 is 0 Å². The van der Waals surface area contributed by atoms with Gasteiger partial charge in [0.1, 0.15) is 12.0 Å². The van der Waals surface area contributed by atoms with Crippen LogP contribution >= 0.6 is 0 Å². The Balaban J connectivity index is 2.19. The van der Waals surface area contributed by atoms with Gasteiger partial charge in [-0.2, -0.15) is 4.98 Å². The standard InChI is InChI=1S/C14H24N4O/c1-4-8-19-13-11(15)12(16-10-17-13)18-7-5-6-14(2,3)9-18/h10H,4-9,15H2,1-3H3. The summed E-state index contributed by atoms with van der Waals surface area (Å²) in [5, 5.41) is 0. The van der Waals surface area contributed by atoms with Gasteiger partial charge in [-0.15, -0.1) is 0 Å². The molecule has 2 rings (SSSR count). The van der Waals surface area contributed by atoms with Crippen LogP contribution in [-0.2, 0) is 0 Å². The van der Waals surface area contributed by atoms with Crippen molar-refractivity contribution in [2.24, 2.45) is 5.41 Å². The molecule has 0 aliphatic carbocycles. The lowest BCUT2D eigenvalue weighted by molar-refractivity contribution is 0.290. The molecule has 19 heavy (non-hydrogen) atoms. The van der Waals surface area contributed by atoms with Crippen molar-refractivity contribution in [2.75, 3.05) is 30.3 Å². The van der Waals surface area contributed by atoms with Crippen LogP contribution in [0.5, 0.6) is 5.88 Å². The quantitative estimate of drug-likeness (QED) is 0.905. The van der Waals surface area contributed by atoms with Gasteiger partial charge in [0.05, 0.1) is 6.61 Å². The lowest BCUT2D eigenvalue weighted by atomic mass is 9.84. The summed E-state index contributed by atoms with van der Waals surface area (Å²) in [6.07, 6.45) is 4.89. The molecule has 5 nitrogen and oxygen atoms in total. The minimum absolute atomic E-state index is 0.306. The predicted molar refractivity (Wildman–Crippen MR) is 77.5 cm³/mol. The minimum Gasteiger partial charge on any atom is -0.476 e. The number of aromatic nitrogens is 2. The van der Waals surface area contributed by atoms with E-state index in [2.05, 4.69) is 35.6 Å². The zero-order valence-electron chi connectivity index (χ0n) is 12.1. The van der Waals surface area contributed by atoms with Crippen molar-refractivity contribution in [3.05, 3.63) is 6.33 Å². The first kappa shape index (κ1) is 13.9. The van der Waals surface area contributed by atoms with Gasteiger partial charge in [0.25, 0.3) is 0 Å². The molecular formula is C14H24N4O. The smallest absolute Gasteiger partial charge is 0.242 e. The molecule has 0 atom stereocenters. The number of hydrogen-bond donors (Lipinski definition) is 1. The number of hydrogen-bond acceptors (Lipinski definition) is 5. The SMILES string of the molecule is CCCOc1ncnc(N2CCCC(C)(C)C2)c1N. The molecule has 1 saturated heterocycles. The molecule has 0 saturated carbocycles. The molecule has 1 aliphatic heterocycles. The zero-order valence-corrected chi connectivity index (χ0v) is 12.1. The minimum atomic E-state index is 0.306. The highest BCUT2D eigenvalue weighted by molar-refractivity contribution is 5.67. The van der Waals surface area contributed by atoms with Crippen molar-refractivity contribution in [2.45, 2.75) is 40.0 Å². The Kier molecular flexibility index (Phi) is 4.12. The second kappa shape index (κ2) is 5.63. The van der Waals surface area contributed by atoms with Gasteiger partial charge in [0.15, 0.2) is 5.82 Å². The molecule has 0 spiro atoms. The molecule has 2 N–H and O–H groups in total. The number of nitrogens with two attached hydrogens (primary N) is 1. The highest BCUT2D eigenvalue weighted by Gasteiger charge is 2.28. The van der Waals surface area contributed by atoms with E-state index in [0.717, 1.165) is 25.3 Å². The van der Waals surface area contributed by atoms with Crippen LogP contribution in [0.1, 0.15) is 40.0 Å². The van der Waals surface area contributed by atoms with Crippen LogP contribution in [0.4, 0.5) is 11.5 Å². The summed E-state index contributed by atoms with van der Waals surface area (Å²) in [4.78, 5) is 10.7. The summed E-state index contributed by atoms with van der Waals surface area (Å²) in [5.41, 5.74) is 7.02. The van der Waals surface area contributed by atoms with Gasteiger partial charge < -0.3 is 15.4 Å². The van der Waals surface area contributed by atoms with Gasteiger partial charge in [-0.1, -0.05) is 20.8 Å². The van der Waals surface area contributed by atoms with E-state index in [1.165, 1.54) is 19.2 Å². The molecule has 2 heterocycles. The Morgan fingerprint density at radius 1 is 1.42 bits per heavy atom. The van der Waals surface area contributed by atoms with Crippen LogP contribution in [-0.4, -0.2) is 29.7 Å². The summed E-state index contributed by atoms with van der Waals surface area (Å²) in [6, 6.07) is 0. The number of ether oxygens (including phenoxy) is 1. The van der Waals surface area contributed by atoms with Crippen LogP contribution in [0.3, 0.4) is 0 Å². The molecule has 1 aromatic rings. The van der Waals surface area contributed by atoms with E-state index in [1.807, 2.05) is 0 Å². The molecule has 5 heteroatoms. The summed E-state index contributed by atoms with van der Waals surface area (Å²) in [6.45, 7) is 9.23. The fourth-order valence-corrected chi connectivity index (χ4v) is 2.54. The molecule has 106 valence electrons. The van der Waals surface area contributed by atoms with Crippen LogP contribution < -0.4 is 15.4 Å². The van der Waals surface area contributed by atoms with Gasteiger partial charge in [0.2, 0.25) is 5.88 Å². The highest BCUT2D eigenvalue weighted by Crippen LogP contribution is 2.35. The van der Waals surface area contributed by atoms with Crippen LogP contribution in [0.2, 0.25) is 0 Å².